The molecule has 0 bridgehead atoms. The third kappa shape index (κ3) is 2.55. The number of methoxy groups -OCH3 is 1. The molecular formula is C15H16FN3O3. The second-order valence-corrected chi connectivity index (χ2v) is 5.20. The topological polar surface area (TPSA) is 70.7 Å². The fourth-order valence-corrected chi connectivity index (χ4v) is 2.75. The van der Waals surface area contributed by atoms with Crippen LogP contribution in [0.5, 0.6) is 0 Å². The van der Waals surface area contributed by atoms with Gasteiger partial charge < -0.3 is 20.3 Å². The van der Waals surface area contributed by atoms with Gasteiger partial charge >= 0.3 is 6.03 Å². The van der Waals surface area contributed by atoms with Crippen LogP contribution in [0.3, 0.4) is 0 Å². The van der Waals surface area contributed by atoms with Crippen molar-refractivity contribution in [2.45, 2.75) is 6.04 Å². The van der Waals surface area contributed by atoms with E-state index in [2.05, 4.69) is 10.6 Å². The van der Waals surface area contributed by atoms with Gasteiger partial charge in [-0.15, -0.1) is 0 Å². The minimum Gasteiger partial charge on any atom is -0.383 e. The Balaban J connectivity index is 1.92. The number of benzene rings is 1. The molecule has 0 aromatic heterocycles. The summed E-state index contributed by atoms with van der Waals surface area (Å²) in [5.74, 6) is -0.581. The molecule has 7 heteroatoms. The van der Waals surface area contributed by atoms with Crippen molar-refractivity contribution in [1.29, 1.82) is 0 Å². The fourth-order valence-electron chi connectivity index (χ4n) is 2.75. The summed E-state index contributed by atoms with van der Waals surface area (Å²) in [5.41, 5.74) is 1.57. The number of carbonyl (C=O) groups is 2. The van der Waals surface area contributed by atoms with Crippen molar-refractivity contribution < 1.29 is 18.7 Å². The average Bonchev–Trinajstić information content (AvgIpc) is 2.80. The molecule has 3 amide bonds. The largest absolute Gasteiger partial charge is 0.383 e. The van der Waals surface area contributed by atoms with Crippen LogP contribution in [0.2, 0.25) is 0 Å². The SMILES string of the molecule is COCCN1CC2=C(C1=O)[C@@H](c1cccc(F)c1)NC(=O)N2. The standard InChI is InChI=1S/C15H16FN3O3/c1-22-6-5-19-8-11-12(14(19)20)13(18-15(21)17-11)9-3-2-4-10(16)7-9/h2-4,7,13H,5-6,8H2,1H3,(H2,17,18,21)/t13-/m1/s1. The molecule has 1 aromatic carbocycles. The molecule has 0 saturated heterocycles. The lowest BCUT2D eigenvalue weighted by atomic mass is 9.96. The van der Waals surface area contributed by atoms with Crippen molar-refractivity contribution in [3.05, 3.63) is 46.9 Å². The molecule has 116 valence electrons. The van der Waals surface area contributed by atoms with Crippen LogP contribution < -0.4 is 10.6 Å². The van der Waals surface area contributed by atoms with Crippen LogP contribution in [-0.2, 0) is 9.53 Å². The molecule has 0 spiro atoms. The highest BCUT2D eigenvalue weighted by atomic mass is 19.1. The van der Waals surface area contributed by atoms with Gasteiger partial charge in [-0.1, -0.05) is 12.1 Å². The number of carbonyl (C=O) groups excluding carboxylic acids is 2. The number of hydrogen-bond donors (Lipinski definition) is 2. The maximum Gasteiger partial charge on any atom is 0.319 e. The van der Waals surface area contributed by atoms with Crippen molar-refractivity contribution in [1.82, 2.24) is 15.5 Å². The van der Waals surface area contributed by atoms with Gasteiger partial charge in [0.15, 0.2) is 0 Å². The van der Waals surface area contributed by atoms with E-state index >= 15 is 0 Å². The number of amides is 3. The van der Waals surface area contributed by atoms with E-state index in [0.717, 1.165) is 0 Å². The van der Waals surface area contributed by atoms with E-state index in [4.69, 9.17) is 4.74 Å². The van der Waals surface area contributed by atoms with Gasteiger partial charge in [0.1, 0.15) is 5.82 Å². The van der Waals surface area contributed by atoms with Crippen LogP contribution >= 0.6 is 0 Å². The lowest BCUT2D eigenvalue weighted by Gasteiger charge is -2.25. The average molecular weight is 305 g/mol. The summed E-state index contributed by atoms with van der Waals surface area (Å²) in [6.45, 7) is 1.18. The van der Waals surface area contributed by atoms with Crippen LogP contribution in [0.15, 0.2) is 35.5 Å². The molecule has 2 aliphatic heterocycles. The van der Waals surface area contributed by atoms with Crippen LogP contribution in [-0.4, -0.2) is 43.6 Å². The summed E-state index contributed by atoms with van der Waals surface area (Å²) in [6.07, 6.45) is 0. The Bertz CT molecular complexity index is 659. The van der Waals surface area contributed by atoms with E-state index < -0.39 is 17.9 Å². The van der Waals surface area contributed by atoms with Crippen molar-refractivity contribution in [2.24, 2.45) is 0 Å². The summed E-state index contributed by atoms with van der Waals surface area (Å²) in [4.78, 5) is 26.0. The number of hydrogen-bond acceptors (Lipinski definition) is 3. The highest BCUT2D eigenvalue weighted by Crippen LogP contribution is 2.32. The monoisotopic (exact) mass is 305 g/mol. The van der Waals surface area contributed by atoms with Gasteiger partial charge in [0, 0.05) is 13.7 Å². The second-order valence-electron chi connectivity index (χ2n) is 5.20. The Labute approximate surface area is 126 Å². The number of nitrogens with one attached hydrogen (secondary N) is 2. The summed E-state index contributed by atoms with van der Waals surface area (Å²) in [7, 11) is 1.56. The zero-order valence-corrected chi connectivity index (χ0v) is 12.1. The van der Waals surface area contributed by atoms with Gasteiger partial charge in [-0.05, 0) is 17.7 Å². The van der Waals surface area contributed by atoms with Crippen LogP contribution in [0.25, 0.3) is 0 Å². The zero-order chi connectivity index (χ0) is 15.7. The first-order valence-corrected chi connectivity index (χ1v) is 6.94. The summed E-state index contributed by atoms with van der Waals surface area (Å²) < 4.78 is 18.4. The third-order valence-corrected chi connectivity index (χ3v) is 3.77. The molecular weight excluding hydrogens is 289 g/mol. The van der Waals surface area contributed by atoms with E-state index in [9.17, 15) is 14.0 Å². The summed E-state index contributed by atoms with van der Waals surface area (Å²) >= 11 is 0. The number of rotatable bonds is 4. The maximum atomic E-state index is 13.4. The Kier molecular flexibility index (Phi) is 3.81. The van der Waals surface area contributed by atoms with Crippen molar-refractivity contribution in [3.63, 3.8) is 0 Å². The highest BCUT2D eigenvalue weighted by molar-refractivity contribution is 6.01. The summed E-state index contributed by atoms with van der Waals surface area (Å²) in [5, 5.41) is 5.35. The van der Waals surface area contributed by atoms with Gasteiger partial charge in [-0.25, -0.2) is 9.18 Å². The molecule has 0 radical (unpaired) electrons. The lowest BCUT2D eigenvalue weighted by Crippen LogP contribution is -2.44. The van der Waals surface area contributed by atoms with E-state index in [1.165, 1.54) is 12.1 Å². The number of ether oxygens (including phenoxy) is 1. The molecule has 2 heterocycles. The zero-order valence-electron chi connectivity index (χ0n) is 12.1. The Hall–Kier alpha value is -2.41. The van der Waals surface area contributed by atoms with Gasteiger partial charge in [0.05, 0.1) is 30.5 Å². The first kappa shape index (κ1) is 14.5. The maximum absolute atomic E-state index is 13.4. The molecule has 0 fully saturated rings. The summed E-state index contributed by atoms with van der Waals surface area (Å²) in [6, 6.07) is 4.86. The predicted octanol–water partition coefficient (Wildman–Crippen LogP) is 0.922. The molecule has 3 rings (SSSR count). The molecule has 1 atom stereocenters. The lowest BCUT2D eigenvalue weighted by molar-refractivity contribution is -0.126. The van der Waals surface area contributed by atoms with Gasteiger partial charge in [-0.2, -0.15) is 0 Å². The third-order valence-electron chi connectivity index (χ3n) is 3.77. The van der Waals surface area contributed by atoms with E-state index in [0.29, 0.717) is 36.5 Å². The molecule has 2 N–H and O–H groups in total. The first-order valence-electron chi connectivity index (χ1n) is 6.94. The minimum atomic E-state index is -0.639. The molecule has 0 aliphatic carbocycles. The van der Waals surface area contributed by atoms with Gasteiger partial charge in [0.2, 0.25) is 0 Å². The van der Waals surface area contributed by atoms with Crippen LogP contribution in [0.1, 0.15) is 11.6 Å². The van der Waals surface area contributed by atoms with Gasteiger partial charge in [0.25, 0.3) is 5.91 Å². The smallest absolute Gasteiger partial charge is 0.319 e. The number of nitrogens with zero attached hydrogens (tertiary/aromatic N) is 1. The Morgan fingerprint density at radius 3 is 2.95 bits per heavy atom. The molecule has 2 aliphatic rings. The molecule has 1 aromatic rings. The molecule has 0 saturated carbocycles. The van der Waals surface area contributed by atoms with Crippen molar-refractivity contribution >= 4 is 11.9 Å². The normalized spacial score (nSPS) is 20.8. The van der Waals surface area contributed by atoms with E-state index in [1.807, 2.05) is 0 Å². The predicted molar refractivity (Wildman–Crippen MR) is 76.3 cm³/mol. The number of urea groups is 1. The van der Waals surface area contributed by atoms with Crippen LogP contribution in [0, 0.1) is 5.82 Å². The Morgan fingerprint density at radius 1 is 1.41 bits per heavy atom. The van der Waals surface area contributed by atoms with Gasteiger partial charge in [-0.3, -0.25) is 4.79 Å². The second kappa shape index (κ2) is 5.76. The highest BCUT2D eigenvalue weighted by Gasteiger charge is 2.40. The first-order chi connectivity index (χ1) is 10.6. The van der Waals surface area contributed by atoms with E-state index in [-0.39, 0.29) is 5.91 Å². The molecule has 6 nitrogen and oxygen atoms in total. The van der Waals surface area contributed by atoms with Crippen molar-refractivity contribution in [3.8, 4) is 0 Å². The molecule has 0 unspecified atom stereocenters. The number of halogens is 1. The van der Waals surface area contributed by atoms with Crippen LogP contribution in [0.4, 0.5) is 9.18 Å². The fraction of sp³-hybridized carbons (Fsp3) is 0.333. The van der Waals surface area contributed by atoms with Crippen molar-refractivity contribution in [2.75, 3.05) is 26.8 Å². The molecule has 22 heavy (non-hydrogen) atoms. The quantitative estimate of drug-likeness (QED) is 0.869. The Morgan fingerprint density at radius 2 is 2.23 bits per heavy atom. The van der Waals surface area contributed by atoms with E-state index in [1.54, 1.807) is 24.1 Å². The minimum absolute atomic E-state index is 0.172.